The van der Waals surface area contributed by atoms with E-state index >= 15 is 0 Å². The lowest BCUT2D eigenvalue weighted by Crippen LogP contribution is -2.11. The van der Waals surface area contributed by atoms with Crippen molar-refractivity contribution in [3.63, 3.8) is 0 Å². The van der Waals surface area contributed by atoms with Crippen molar-refractivity contribution in [2.24, 2.45) is 0 Å². The van der Waals surface area contributed by atoms with E-state index in [4.69, 9.17) is 11.5 Å². The van der Waals surface area contributed by atoms with Crippen LogP contribution in [0.25, 0.3) is 0 Å². The number of aryl methyl sites for hydroxylation is 1. The Morgan fingerprint density at radius 2 is 1.88 bits per heavy atom. The maximum atomic E-state index is 5.74. The first-order chi connectivity index (χ1) is 8.08. The number of nitrogen functional groups attached to an aromatic ring is 2. The van der Waals surface area contributed by atoms with Gasteiger partial charge in [0.1, 0.15) is 5.82 Å². The third kappa shape index (κ3) is 2.28. The van der Waals surface area contributed by atoms with Gasteiger partial charge in [-0.3, -0.25) is 4.98 Å². The van der Waals surface area contributed by atoms with Crippen LogP contribution in [0.2, 0.25) is 0 Å². The van der Waals surface area contributed by atoms with Gasteiger partial charge in [-0.1, -0.05) is 0 Å². The van der Waals surface area contributed by atoms with Crippen LogP contribution in [0.15, 0.2) is 30.6 Å². The van der Waals surface area contributed by atoms with Crippen LogP contribution in [-0.4, -0.2) is 17.0 Å². The molecule has 0 spiro atoms. The number of aromatic nitrogens is 2. The van der Waals surface area contributed by atoms with Crippen molar-refractivity contribution in [3.05, 3.63) is 36.3 Å². The van der Waals surface area contributed by atoms with Crippen LogP contribution in [-0.2, 0) is 0 Å². The molecule has 0 amide bonds. The zero-order valence-electron chi connectivity index (χ0n) is 9.88. The molecule has 0 aliphatic rings. The molecule has 17 heavy (non-hydrogen) atoms. The van der Waals surface area contributed by atoms with Crippen molar-refractivity contribution in [1.29, 1.82) is 0 Å². The minimum absolute atomic E-state index is 0.355. The minimum atomic E-state index is 0.355. The lowest BCUT2D eigenvalue weighted by molar-refractivity contribution is 1.13. The van der Waals surface area contributed by atoms with E-state index in [2.05, 4.69) is 9.97 Å². The summed E-state index contributed by atoms with van der Waals surface area (Å²) in [7, 11) is 1.95. The van der Waals surface area contributed by atoms with Gasteiger partial charge in [0.15, 0.2) is 0 Å². The zero-order valence-corrected chi connectivity index (χ0v) is 9.88. The Labute approximate surface area is 100 Å². The molecule has 0 fully saturated rings. The number of rotatable bonds is 2. The van der Waals surface area contributed by atoms with Crippen LogP contribution in [0.5, 0.6) is 0 Å². The van der Waals surface area contributed by atoms with Crippen molar-refractivity contribution in [2.75, 3.05) is 23.4 Å². The molecule has 88 valence electrons. The van der Waals surface area contributed by atoms with Crippen LogP contribution in [0, 0.1) is 6.92 Å². The molecular weight excluding hydrogens is 214 g/mol. The molecule has 2 aromatic rings. The van der Waals surface area contributed by atoms with E-state index in [-0.39, 0.29) is 0 Å². The molecule has 0 unspecified atom stereocenters. The topological polar surface area (TPSA) is 81.1 Å². The highest BCUT2D eigenvalue weighted by Crippen LogP contribution is 2.26. The van der Waals surface area contributed by atoms with Gasteiger partial charge in [0, 0.05) is 24.6 Å². The molecule has 4 N–H and O–H groups in total. The summed E-state index contributed by atoms with van der Waals surface area (Å²) in [6, 6.07) is 5.73. The van der Waals surface area contributed by atoms with Crippen molar-refractivity contribution < 1.29 is 0 Å². The first kappa shape index (κ1) is 11.2. The summed E-state index contributed by atoms with van der Waals surface area (Å²) >= 11 is 0. The number of hydrogen-bond donors (Lipinski definition) is 2. The molecule has 2 rings (SSSR count). The molecule has 0 radical (unpaired) electrons. The molecule has 2 heterocycles. The molecule has 5 nitrogen and oxygen atoms in total. The van der Waals surface area contributed by atoms with Crippen molar-refractivity contribution >= 4 is 22.9 Å². The fraction of sp³-hybridized carbons (Fsp3) is 0.167. The van der Waals surface area contributed by atoms with Gasteiger partial charge in [0.05, 0.1) is 17.6 Å². The highest BCUT2D eigenvalue weighted by molar-refractivity contribution is 5.69. The predicted octanol–water partition coefficient (Wildman–Crippen LogP) is 1.72. The highest BCUT2D eigenvalue weighted by atomic mass is 15.1. The summed E-state index contributed by atoms with van der Waals surface area (Å²) < 4.78 is 0. The molecule has 0 aliphatic heterocycles. The van der Waals surface area contributed by atoms with Gasteiger partial charge in [-0.25, -0.2) is 4.98 Å². The van der Waals surface area contributed by atoms with Crippen molar-refractivity contribution in [3.8, 4) is 0 Å². The average Bonchev–Trinajstić information content (AvgIpc) is 2.32. The van der Waals surface area contributed by atoms with E-state index in [1.165, 1.54) is 0 Å². The normalized spacial score (nSPS) is 10.2. The molecule has 0 bridgehead atoms. The molecule has 0 aliphatic carbocycles. The van der Waals surface area contributed by atoms with Crippen LogP contribution < -0.4 is 16.4 Å². The summed E-state index contributed by atoms with van der Waals surface area (Å²) in [5.74, 6) is 0.355. The maximum Gasteiger partial charge on any atom is 0.146 e. The number of nitrogens with two attached hydrogens (primary N) is 2. The molecule has 0 atom stereocenters. The summed E-state index contributed by atoms with van der Waals surface area (Å²) in [4.78, 5) is 10.2. The van der Waals surface area contributed by atoms with E-state index < -0.39 is 0 Å². The predicted molar refractivity (Wildman–Crippen MR) is 70.1 cm³/mol. The molecule has 2 aromatic heterocycles. The van der Waals surface area contributed by atoms with Gasteiger partial charge in [-0.15, -0.1) is 0 Å². The number of anilines is 4. The summed E-state index contributed by atoms with van der Waals surface area (Å²) in [5, 5.41) is 0. The smallest absolute Gasteiger partial charge is 0.146 e. The Balaban J connectivity index is 2.36. The lowest BCUT2D eigenvalue weighted by atomic mass is 10.2. The lowest BCUT2D eigenvalue weighted by Gasteiger charge is -2.19. The largest absolute Gasteiger partial charge is 0.396 e. The SMILES string of the molecule is Cc1cc(N(C)c2cnc(N)c(N)c2)ccn1. The molecule has 5 heteroatoms. The summed E-state index contributed by atoms with van der Waals surface area (Å²) in [6.07, 6.45) is 3.47. The Kier molecular flexibility index (Phi) is 2.82. The number of hydrogen-bond acceptors (Lipinski definition) is 5. The Morgan fingerprint density at radius 3 is 2.53 bits per heavy atom. The second-order valence-corrected chi connectivity index (χ2v) is 3.88. The van der Waals surface area contributed by atoms with Crippen LogP contribution in [0.4, 0.5) is 22.9 Å². The quantitative estimate of drug-likeness (QED) is 0.819. The third-order valence-electron chi connectivity index (χ3n) is 2.59. The Morgan fingerprint density at radius 1 is 1.12 bits per heavy atom. The minimum Gasteiger partial charge on any atom is -0.396 e. The maximum absolute atomic E-state index is 5.74. The second kappa shape index (κ2) is 4.29. The summed E-state index contributed by atoms with van der Waals surface area (Å²) in [6.45, 7) is 1.95. The average molecular weight is 229 g/mol. The van der Waals surface area contributed by atoms with Crippen LogP contribution in [0.3, 0.4) is 0 Å². The van der Waals surface area contributed by atoms with E-state index in [0.717, 1.165) is 17.1 Å². The fourth-order valence-electron chi connectivity index (χ4n) is 1.55. The first-order valence-electron chi connectivity index (χ1n) is 5.25. The molecule has 0 saturated carbocycles. The van der Waals surface area contributed by atoms with Gasteiger partial charge in [-0.05, 0) is 25.1 Å². The fourth-order valence-corrected chi connectivity index (χ4v) is 1.55. The molecule has 0 aromatic carbocycles. The van der Waals surface area contributed by atoms with Crippen LogP contribution >= 0.6 is 0 Å². The van der Waals surface area contributed by atoms with Gasteiger partial charge in [-0.2, -0.15) is 0 Å². The second-order valence-electron chi connectivity index (χ2n) is 3.88. The highest BCUT2D eigenvalue weighted by Gasteiger charge is 2.06. The van der Waals surface area contributed by atoms with E-state index in [0.29, 0.717) is 11.5 Å². The van der Waals surface area contributed by atoms with E-state index in [9.17, 15) is 0 Å². The Bertz CT molecular complexity index is 538. The first-order valence-corrected chi connectivity index (χ1v) is 5.25. The standard InChI is InChI=1S/C12H15N5/c1-8-5-9(3-4-15-8)17(2)10-6-11(13)12(14)16-7-10/h3-7H,13H2,1-2H3,(H2,14,16). The van der Waals surface area contributed by atoms with Gasteiger partial charge in [0.2, 0.25) is 0 Å². The van der Waals surface area contributed by atoms with Crippen molar-refractivity contribution in [2.45, 2.75) is 6.92 Å². The van der Waals surface area contributed by atoms with Gasteiger partial charge in [0.25, 0.3) is 0 Å². The van der Waals surface area contributed by atoms with Crippen LogP contribution in [0.1, 0.15) is 5.69 Å². The van der Waals surface area contributed by atoms with E-state index in [1.54, 1.807) is 18.5 Å². The number of nitrogens with zero attached hydrogens (tertiary/aromatic N) is 3. The number of pyridine rings is 2. The van der Waals surface area contributed by atoms with E-state index in [1.807, 2.05) is 31.0 Å². The van der Waals surface area contributed by atoms with Gasteiger partial charge >= 0.3 is 0 Å². The summed E-state index contributed by atoms with van der Waals surface area (Å²) in [5.41, 5.74) is 14.7. The third-order valence-corrected chi connectivity index (χ3v) is 2.59. The molecular formula is C12H15N5. The Hall–Kier alpha value is -2.30. The molecule has 0 saturated heterocycles. The zero-order chi connectivity index (χ0) is 12.4. The van der Waals surface area contributed by atoms with Crippen molar-refractivity contribution in [1.82, 2.24) is 9.97 Å². The monoisotopic (exact) mass is 229 g/mol. The van der Waals surface area contributed by atoms with Gasteiger partial charge < -0.3 is 16.4 Å².